The van der Waals surface area contributed by atoms with Crippen LogP contribution < -0.4 is 0 Å². The van der Waals surface area contributed by atoms with E-state index in [2.05, 4.69) is 74.0 Å². The predicted molar refractivity (Wildman–Crippen MR) is 200 cm³/mol. The van der Waals surface area contributed by atoms with E-state index in [1.54, 1.807) is 0 Å². The van der Waals surface area contributed by atoms with Gasteiger partial charge in [-0.25, -0.2) is 0 Å². The van der Waals surface area contributed by atoms with Crippen LogP contribution >= 0.6 is 33.3 Å². The zero-order chi connectivity index (χ0) is 31.2. The van der Waals surface area contributed by atoms with E-state index in [0.717, 1.165) is 25.7 Å². The molecule has 0 amide bonds. The van der Waals surface area contributed by atoms with E-state index < -0.39 is 37.1 Å². The van der Waals surface area contributed by atoms with Gasteiger partial charge in [-0.15, -0.1) is 0 Å². The number of hydrogen-bond donors (Lipinski definition) is 0. The van der Waals surface area contributed by atoms with Crippen molar-refractivity contribution in [2.45, 2.75) is 232 Å². The van der Waals surface area contributed by atoms with Gasteiger partial charge in [0.05, 0.1) is 0 Å². The summed E-state index contributed by atoms with van der Waals surface area (Å²) in [6.45, 7) is 18.5. The summed E-state index contributed by atoms with van der Waals surface area (Å²) in [6.07, 6.45) is 29.4. The quantitative estimate of drug-likeness (QED) is 0.0718. The number of halogens is 2. The van der Waals surface area contributed by atoms with Gasteiger partial charge in [0.25, 0.3) is 0 Å². The third kappa shape index (κ3) is 10.7. The van der Waals surface area contributed by atoms with Crippen LogP contribution in [0.25, 0.3) is 0 Å². The molecule has 2 aliphatic rings. The Morgan fingerprint density at radius 2 is 0.548 bits per heavy atom. The van der Waals surface area contributed by atoms with Crippen molar-refractivity contribution in [1.29, 1.82) is 0 Å². The summed E-state index contributed by atoms with van der Waals surface area (Å²) in [7, 11) is 0. The van der Waals surface area contributed by atoms with Crippen LogP contribution in [0.5, 0.6) is 0 Å². The molecule has 1 spiro atoms. The molecular weight excluding hydrogens is 750 g/mol. The Kier molecular flexibility index (Phi) is 16.9. The van der Waals surface area contributed by atoms with E-state index in [1.807, 2.05) is 0 Å². The van der Waals surface area contributed by atoms with Crippen molar-refractivity contribution in [2.24, 2.45) is 0 Å². The molecule has 42 heavy (non-hydrogen) atoms. The first-order chi connectivity index (χ1) is 19.9. The Balaban J connectivity index is 2.32. The first-order valence-electron chi connectivity index (χ1n) is 18.3. The van der Waals surface area contributed by atoms with Gasteiger partial charge in [0.2, 0.25) is 0 Å². The summed E-state index contributed by atoms with van der Waals surface area (Å²) in [5.41, 5.74) is -1.58. The summed E-state index contributed by atoms with van der Waals surface area (Å²) in [4.78, 5) is 0. The molecule has 2 rings (SSSR count). The molecule has 2 saturated heterocycles. The van der Waals surface area contributed by atoms with E-state index in [1.165, 1.54) is 128 Å². The van der Waals surface area contributed by atoms with Gasteiger partial charge in [-0.3, -0.25) is 0 Å². The number of rotatable bonds is 24. The molecule has 254 valence electrons. The first kappa shape index (κ1) is 39.5. The van der Waals surface area contributed by atoms with Crippen molar-refractivity contribution in [1.82, 2.24) is 0 Å². The molecule has 6 heteroatoms. The molecule has 0 N–H and O–H groups in total. The average Bonchev–Trinajstić information content (AvgIpc) is 3.21. The van der Waals surface area contributed by atoms with Crippen LogP contribution in [0.1, 0.15) is 209 Å². The van der Waals surface area contributed by atoms with Gasteiger partial charge in [0.1, 0.15) is 0 Å². The predicted octanol–water partition coefficient (Wildman–Crippen LogP) is 14.1. The van der Waals surface area contributed by atoms with Crippen molar-refractivity contribution < 1.29 is 12.3 Å². The Bertz CT molecular complexity index is 641. The molecule has 0 bridgehead atoms. The Morgan fingerprint density at radius 1 is 0.357 bits per heavy atom. The Labute approximate surface area is 275 Å². The molecule has 4 nitrogen and oxygen atoms in total. The fourth-order valence-electron chi connectivity index (χ4n) is 6.99. The second-order valence-electron chi connectivity index (χ2n) is 14.5. The fraction of sp³-hybridized carbons (Fsp3) is 1.00. The topological polar surface area (TPSA) is 36.9 Å². The monoisotopic (exact) mass is 822 g/mol. The molecule has 0 aromatic carbocycles. The van der Waals surface area contributed by atoms with Crippen LogP contribution in [0, 0.1) is 0 Å². The summed E-state index contributed by atoms with van der Waals surface area (Å²) in [6, 6.07) is 0. The molecule has 0 aliphatic carbocycles. The number of unbranched alkanes of at least 4 members (excludes halogenated alkanes) is 16. The second-order valence-corrected chi connectivity index (χ2v) is 28.7. The van der Waals surface area contributed by atoms with Gasteiger partial charge in [0, 0.05) is 0 Å². The van der Waals surface area contributed by atoms with Crippen molar-refractivity contribution in [3.05, 3.63) is 0 Å². The Hall–Kier alpha value is 1.30. The average molecular weight is 823 g/mol. The molecule has 2 fully saturated rings. The zero-order valence-corrected chi connectivity index (χ0v) is 33.7. The van der Waals surface area contributed by atoms with Gasteiger partial charge in [-0.2, -0.15) is 0 Å². The first-order valence-corrected chi connectivity index (χ1v) is 28.1. The summed E-state index contributed by atoms with van der Waals surface area (Å²) in [5, 5.41) is 0. The van der Waals surface area contributed by atoms with Gasteiger partial charge >= 0.3 is 278 Å². The van der Waals surface area contributed by atoms with Gasteiger partial charge in [-0.05, 0) is 0 Å². The normalized spacial score (nSPS) is 32.8. The molecule has 0 aromatic rings. The van der Waals surface area contributed by atoms with Crippen molar-refractivity contribution in [3.8, 4) is 0 Å². The van der Waals surface area contributed by atoms with Crippen LogP contribution in [0.4, 0.5) is 0 Å². The molecule has 4 atom stereocenters. The van der Waals surface area contributed by atoms with Crippen molar-refractivity contribution in [3.63, 3.8) is 0 Å². The van der Waals surface area contributed by atoms with Crippen LogP contribution in [0.3, 0.4) is 0 Å². The maximum absolute atomic E-state index is 7.37. The summed E-state index contributed by atoms with van der Waals surface area (Å²) < 4.78 is 29.5. The van der Waals surface area contributed by atoms with E-state index in [4.69, 9.17) is 12.3 Å². The standard InChI is InChI=1S/C36H72I2O4/c1-9-13-17-21-25-29-33(5)34(6,30-26-22-18-14-10-2)40-38(37,39-33)41-35(7,31-27-23-19-15-11-3)36(8,42-38)32-28-24-20-16-12-4/h9-32H2,1-8H3. The molecule has 2 heterocycles. The molecule has 0 radical (unpaired) electrons. The third-order valence-corrected chi connectivity index (χ3v) is 21.6. The summed E-state index contributed by atoms with van der Waals surface area (Å²) >= 11 is -2.18. The maximum atomic E-state index is 7.37. The van der Waals surface area contributed by atoms with Crippen molar-refractivity contribution >= 4 is 33.3 Å². The zero-order valence-electron chi connectivity index (χ0n) is 29.4. The van der Waals surface area contributed by atoms with Crippen molar-refractivity contribution in [2.75, 3.05) is 0 Å². The number of hydrogen-bond acceptors (Lipinski definition) is 4. The van der Waals surface area contributed by atoms with Crippen LogP contribution in [-0.4, -0.2) is 22.4 Å². The molecule has 2 aliphatic heterocycles. The minimum atomic E-state index is -4.67. The third-order valence-electron chi connectivity index (χ3n) is 10.4. The van der Waals surface area contributed by atoms with E-state index >= 15 is 0 Å². The molecule has 0 aromatic heterocycles. The molecule has 0 saturated carbocycles. The second kappa shape index (κ2) is 18.0. The van der Waals surface area contributed by atoms with E-state index in [9.17, 15) is 0 Å². The fourth-order valence-corrected chi connectivity index (χ4v) is 26.4. The van der Waals surface area contributed by atoms with Gasteiger partial charge in [0.15, 0.2) is 0 Å². The molecular formula is C36H72I2O4. The van der Waals surface area contributed by atoms with Crippen LogP contribution in [0.2, 0.25) is 0 Å². The summed E-state index contributed by atoms with van der Waals surface area (Å²) in [5.74, 6) is 0. The SMILES string of the molecule is CCCCCCCC1(C)OI2(I)(OC1(C)CCCCCCC)OC(C)(CCCCCCC)C(C)(CCCCCCC)O2. The van der Waals surface area contributed by atoms with E-state index in [0.29, 0.717) is 0 Å². The van der Waals surface area contributed by atoms with Crippen LogP contribution in [0.15, 0.2) is 0 Å². The minimum absolute atomic E-state index is 0.395. The Morgan fingerprint density at radius 3 is 0.738 bits per heavy atom. The van der Waals surface area contributed by atoms with E-state index in [-0.39, 0.29) is 0 Å². The van der Waals surface area contributed by atoms with Crippen LogP contribution in [-0.2, 0) is 12.3 Å². The molecule has 4 unspecified atom stereocenters. The van der Waals surface area contributed by atoms with Gasteiger partial charge in [-0.1, -0.05) is 0 Å². The van der Waals surface area contributed by atoms with Gasteiger partial charge < -0.3 is 0 Å².